The molecule has 0 bridgehead atoms. The van der Waals surface area contributed by atoms with Crippen molar-refractivity contribution in [1.29, 1.82) is 0 Å². The molecule has 0 spiro atoms. The van der Waals surface area contributed by atoms with Crippen LogP contribution in [0.25, 0.3) is 0 Å². The van der Waals surface area contributed by atoms with Crippen molar-refractivity contribution < 1.29 is 19.1 Å². The normalized spacial score (nSPS) is 10.5. The molecule has 0 heterocycles. The van der Waals surface area contributed by atoms with E-state index in [4.69, 9.17) is 9.47 Å². The molecule has 0 amide bonds. The van der Waals surface area contributed by atoms with E-state index in [9.17, 15) is 9.59 Å². The highest BCUT2D eigenvalue weighted by Crippen LogP contribution is 2.17. The summed E-state index contributed by atoms with van der Waals surface area (Å²) in [6.45, 7) is 6.40. The minimum absolute atomic E-state index is 0.0799. The molecule has 0 aromatic heterocycles. The highest BCUT2D eigenvalue weighted by molar-refractivity contribution is 5.89. The van der Waals surface area contributed by atoms with Crippen molar-refractivity contribution >= 4 is 11.9 Å². The first kappa shape index (κ1) is 17.2. The van der Waals surface area contributed by atoms with Gasteiger partial charge >= 0.3 is 11.9 Å². The topological polar surface area (TPSA) is 52.6 Å². The maximum absolute atomic E-state index is 11.9. The first-order chi connectivity index (χ1) is 10.1. The number of unbranched alkanes of at least 4 members (excludes halogenated alkanes) is 1. The average molecular weight is 292 g/mol. The monoisotopic (exact) mass is 292 g/mol. The molecule has 0 N–H and O–H groups in total. The largest absolute Gasteiger partial charge is 0.462 e. The van der Waals surface area contributed by atoms with E-state index in [1.807, 2.05) is 20.8 Å². The molecule has 0 saturated carbocycles. The molecule has 21 heavy (non-hydrogen) atoms. The third-order valence-corrected chi connectivity index (χ3v) is 3.36. The lowest BCUT2D eigenvalue weighted by Gasteiger charge is -2.11. The van der Waals surface area contributed by atoms with Gasteiger partial charge < -0.3 is 9.47 Å². The van der Waals surface area contributed by atoms with E-state index in [2.05, 4.69) is 0 Å². The van der Waals surface area contributed by atoms with Gasteiger partial charge in [0.05, 0.1) is 18.1 Å². The number of benzene rings is 1. The van der Waals surface area contributed by atoms with Gasteiger partial charge in [-0.2, -0.15) is 0 Å². The summed E-state index contributed by atoms with van der Waals surface area (Å²) in [6.07, 6.45) is 3.36. The predicted octanol–water partition coefficient (Wildman–Crippen LogP) is 3.99. The molecule has 1 rings (SSSR count). The molecule has 0 radical (unpaired) electrons. The van der Waals surface area contributed by atoms with Crippen LogP contribution in [-0.2, 0) is 9.53 Å². The Hall–Kier alpha value is -1.84. The SMILES string of the molecule is CCCCOC(=O)c1ccc(OC(=O)C(CC)CC)cc1. The van der Waals surface area contributed by atoms with Crippen molar-refractivity contribution in [2.75, 3.05) is 6.61 Å². The summed E-state index contributed by atoms with van der Waals surface area (Å²) >= 11 is 0. The summed E-state index contributed by atoms with van der Waals surface area (Å²) in [5, 5.41) is 0. The van der Waals surface area contributed by atoms with Crippen LogP contribution in [0.15, 0.2) is 24.3 Å². The number of carbonyl (C=O) groups is 2. The van der Waals surface area contributed by atoms with Gasteiger partial charge in [0.1, 0.15) is 5.75 Å². The van der Waals surface area contributed by atoms with E-state index in [1.54, 1.807) is 24.3 Å². The molecular weight excluding hydrogens is 268 g/mol. The second-order valence-electron chi connectivity index (χ2n) is 4.95. The molecule has 0 fully saturated rings. The average Bonchev–Trinajstić information content (AvgIpc) is 2.49. The minimum Gasteiger partial charge on any atom is -0.462 e. The summed E-state index contributed by atoms with van der Waals surface area (Å²) in [5.74, 6) is -0.194. The van der Waals surface area contributed by atoms with Crippen molar-refractivity contribution in [2.45, 2.75) is 46.5 Å². The Bertz CT molecular complexity index is 446. The molecule has 0 atom stereocenters. The second kappa shape index (κ2) is 9.16. The fraction of sp³-hybridized carbons (Fsp3) is 0.529. The molecule has 0 aliphatic rings. The fourth-order valence-corrected chi connectivity index (χ4v) is 1.87. The Labute approximate surface area is 126 Å². The van der Waals surface area contributed by atoms with E-state index in [-0.39, 0.29) is 17.9 Å². The lowest BCUT2D eigenvalue weighted by molar-refractivity contribution is -0.139. The van der Waals surface area contributed by atoms with Crippen molar-refractivity contribution in [3.8, 4) is 5.75 Å². The van der Waals surface area contributed by atoms with Crippen LogP contribution in [0.2, 0.25) is 0 Å². The van der Waals surface area contributed by atoms with Gasteiger partial charge in [-0.3, -0.25) is 4.79 Å². The van der Waals surface area contributed by atoms with E-state index in [0.29, 0.717) is 17.9 Å². The molecular formula is C17H24O4. The van der Waals surface area contributed by atoms with E-state index in [1.165, 1.54) is 0 Å². The third-order valence-electron chi connectivity index (χ3n) is 3.36. The van der Waals surface area contributed by atoms with E-state index < -0.39 is 0 Å². The maximum Gasteiger partial charge on any atom is 0.338 e. The summed E-state index contributed by atoms with van der Waals surface area (Å²) < 4.78 is 10.4. The Balaban J connectivity index is 2.57. The van der Waals surface area contributed by atoms with Crippen molar-refractivity contribution in [3.63, 3.8) is 0 Å². The van der Waals surface area contributed by atoms with Crippen LogP contribution in [0, 0.1) is 5.92 Å². The Morgan fingerprint density at radius 2 is 1.67 bits per heavy atom. The number of carbonyl (C=O) groups excluding carboxylic acids is 2. The highest BCUT2D eigenvalue weighted by atomic mass is 16.5. The fourth-order valence-electron chi connectivity index (χ4n) is 1.87. The minimum atomic E-state index is -0.346. The maximum atomic E-state index is 11.9. The predicted molar refractivity (Wildman–Crippen MR) is 81.3 cm³/mol. The van der Waals surface area contributed by atoms with Crippen molar-refractivity contribution in [3.05, 3.63) is 29.8 Å². The third kappa shape index (κ3) is 5.58. The number of ether oxygens (including phenoxy) is 2. The first-order valence-electron chi connectivity index (χ1n) is 7.61. The standard InChI is InChI=1S/C17H24O4/c1-4-7-12-20-16(18)14-8-10-15(11-9-14)21-17(19)13(5-2)6-3/h8-11,13H,4-7,12H2,1-3H3. The lowest BCUT2D eigenvalue weighted by atomic mass is 10.0. The summed E-state index contributed by atoms with van der Waals surface area (Å²) in [7, 11) is 0. The van der Waals surface area contributed by atoms with Gasteiger partial charge in [-0.1, -0.05) is 27.2 Å². The Morgan fingerprint density at radius 1 is 1.05 bits per heavy atom. The molecule has 4 heteroatoms. The number of rotatable bonds is 8. The van der Waals surface area contributed by atoms with Crippen molar-refractivity contribution in [2.24, 2.45) is 5.92 Å². The van der Waals surface area contributed by atoms with E-state index in [0.717, 1.165) is 25.7 Å². The molecule has 0 unspecified atom stereocenters. The van der Waals surface area contributed by atoms with Crippen LogP contribution in [-0.4, -0.2) is 18.5 Å². The van der Waals surface area contributed by atoms with Crippen LogP contribution in [0.5, 0.6) is 5.75 Å². The molecule has 4 nitrogen and oxygen atoms in total. The lowest BCUT2D eigenvalue weighted by Crippen LogP contribution is -2.19. The molecule has 0 aliphatic heterocycles. The highest BCUT2D eigenvalue weighted by Gasteiger charge is 2.16. The van der Waals surface area contributed by atoms with Gasteiger partial charge in [-0.25, -0.2) is 4.79 Å². The van der Waals surface area contributed by atoms with Gasteiger partial charge in [0.15, 0.2) is 0 Å². The summed E-state index contributed by atoms with van der Waals surface area (Å²) in [4.78, 5) is 23.6. The zero-order valence-corrected chi connectivity index (χ0v) is 13.1. The molecule has 116 valence electrons. The number of hydrogen-bond donors (Lipinski definition) is 0. The Kier molecular flexibility index (Phi) is 7.51. The van der Waals surface area contributed by atoms with Crippen LogP contribution in [0.4, 0.5) is 0 Å². The number of esters is 2. The van der Waals surface area contributed by atoms with Crippen LogP contribution < -0.4 is 4.74 Å². The zero-order valence-electron chi connectivity index (χ0n) is 13.1. The molecule has 1 aromatic rings. The van der Waals surface area contributed by atoms with E-state index >= 15 is 0 Å². The molecule has 1 aromatic carbocycles. The second-order valence-corrected chi connectivity index (χ2v) is 4.95. The van der Waals surface area contributed by atoms with Crippen LogP contribution in [0.3, 0.4) is 0 Å². The van der Waals surface area contributed by atoms with Crippen LogP contribution >= 0.6 is 0 Å². The molecule has 0 saturated heterocycles. The molecule has 0 aliphatic carbocycles. The van der Waals surface area contributed by atoms with Gasteiger partial charge in [0, 0.05) is 0 Å². The Morgan fingerprint density at radius 3 is 2.19 bits per heavy atom. The number of hydrogen-bond acceptors (Lipinski definition) is 4. The first-order valence-corrected chi connectivity index (χ1v) is 7.61. The van der Waals surface area contributed by atoms with Gasteiger partial charge in [0.25, 0.3) is 0 Å². The summed E-state index contributed by atoms with van der Waals surface area (Å²) in [5.41, 5.74) is 0.466. The van der Waals surface area contributed by atoms with Gasteiger partial charge in [0.2, 0.25) is 0 Å². The van der Waals surface area contributed by atoms with Crippen LogP contribution in [0.1, 0.15) is 56.8 Å². The summed E-state index contributed by atoms with van der Waals surface area (Å²) in [6, 6.07) is 6.47. The van der Waals surface area contributed by atoms with Gasteiger partial charge in [-0.15, -0.1) is 0 Å². The smallest absolute Gasteiger partial charge is 0.338 e. The quantitative estimate of drug-likeness (QED) is 0.413. The van der Waals surface area contributed by atoms with Crippen molar-refractivity contribution in [1.82, 2.24) is 0 Å². The van der Waals surface area contributed by atoms with Gasteiger partial charge in [-0.05, 0) is 43.5 Å². The zero-order chi connectivity index (χ0) is 15.7.